The summed E-state index contributed by atoms with van der Waals surface area (Å²) in [5.74, 6) is 2.50. The van der Waals surface area contributed by atoms with Crippen LogP contribution in [0.5, 0.6) is 0 Å². The Hall–Kier alpha value is -3.20. The Balaban J connectivity index is 1.51. The molecule has 0 aromatic carbocycles. The first kappa shape index (κ1) is 17.2. The molecule has 1 aliphatic rings. The highest BCUT2D eigenvalue weighted by molar-refractivity contribution is 5.51. The highest BCUT2D eigenvalue weighted by atomic mass is 15.3. The quantitative estimate of drug-likeness (QED) is 0.691. The third-order valence-electron chi connectivity index (χ3n) is 4.60. The highest BCUT2D eigenvalue weighted by Crippen LogP contribution is 2.20. The molecule has 0 atom stereocenters. The van der Waals surface area contributed by atoms with Crippen LogP contribution in [-0.2, 0) is 6.54 Å². The van der Waals surface area contributed by atoms with E-state index in [9.17, 15) is 0 Å². The van der Waals surface area contributed by atoms with E-state index in [0.717, 1.165) is 37.6 Å². The Labute approximate surface area is 157 Å². The molecule has 0 saturated carbocycles. The molecule has 9 nitrogen and oxygen atoms in total. The number of piperazine rings is 1. The van der Waals surface area contributed by atoms with E-state index in [0.29, 0.717) is 18.2 Å². The van der Waals surface area contributed by atoms with Gasteiger partial charge in [-0.15, -0.1) is 0 Å². The third-order valence-corrected chi connectivity index (χ3v) is 4.60. The normalized spacial score (nSPS) is 15.1. The number of aromatic nitrogens is 5. The SMILES string of the molecule is CN1CCN(c2ncccc2CNc2cc(-n3cccn3)nc(N)n2)CC1. The van der Waals surface area contributed by atoms with Gasteiger partial charge in [0.2, 0.25) is 5.95 Å². The van der Waals surface area contributed by atoms with Crippen molar-refractivity contribution in [3.8, 4) is 5.82 Å². The smallest absolute Gasteiger partial charge is 0.224 e. The third kappa shape index (κ3) is 3.98. The Morgan fingerprint density at radius 1 is 1.11 bits per heavy atom. The molecule has 0 radical (unpaired) electrons. The lowest BCUT2D eigenvalue weighted by Crippen LogP contribution is -2.45. The van der Waals surface area contributed by atoms with Gasteiger partial charge in [-0.1, -0.05) is 6.07 Å². The summed E-state index contributed by atoms with van der Waals surface area (Å²) in [6.45, 7) is 4.64. The Morgan fingerprint density at radius 3 is 2.74 bits per heavy atom. The number of hydrogen-bond acceptors (Lipinski definition) is 8. The van der Waals surface area contributed by atoms with Crippen LogP contribution in [0.2, 0.25) is 0 Å². The zero-order chi connectivity index (χ0) is 18.6. The molecule has 0 amide bonds. The molecule has 1 fully saturated rings. The molecule has 1 aliphatic heterocycles. The summed E-state index contributed by atoms with van der Waals surface area (Å²) in [4.78, 5) is 17.8. The molecule has 3 aromatic rings. The number of anilines is 3. The largest absolute Gasteiger partial charge is 0.368 e. The van der Waals surface area contributed by atoms with Crippen molar-refractivity contribution in [1.29, 1.82) is 0 Å². The van der Waals surface area contributed by atoms with E-state index < -0.39 is 0 Å². The molecule has 140 valence electrons. The van der Waals surface area contributed by atoms with Gasteiger partial charge in [0.1, 0.15) is 11.6 Å². The summed E-state index contributed by atoms with van der Waals surface area (Å²) in [5, 5.41) is 7.53. The van der Waals surface area contributed by atoms with Crippen LogP contribution in [0.4, 0.5) is 17.6 Å². The standard InChI is InChI=1S/C18H23N9/c1-25-8-10-26(11-9-25)17-14(4-2-5-20-17)13-21-15-12-16(24-18(19)23-15)27-7-3-6-22-27/h2-7,12H,8-11,13H2,1H3,(H3,19,21,23,24). The van der Waals surface area contributed by atoms with Gasteiger partial charge >= 0.3 is 0 Å². The van der Waals surface area contributed by atoms with Crippen molar-refractivity contribution in [2.45, 2.75) is 6.54 Å². The molecule has 1 saturated heterocycles. The van der Waals surface area contributed by atoms with E-state index >= 15 is 0 Å². The first-order valence-electron chi connectivity index (χ1n) is 8.95. The molecule has 3 aromatic heterocycles. The zero-order valence-electron chi connectivity index (χ0n) is 15.3. The predicted molar refractivity (Wildman–Crippen MR) is 105 cm³/mol. The molecular weight excluding hydrogens is 342 g/mol. The molecule has 27 heavy (non-hydrogen) atoms. The number of hydrogen-bond donors (Lipinski definition) is 2. The van der Waals surface area contributed by atoms with Crippen LogP contribution in [0.1, 0.15) is 5.56 Å². The monoisotopic (exact) mass is 365 g/mol. The fraction of sp³-hybridized carbons (Fsp3) is 0.333. The minimum Gasteiger partial charge on any atom is -0.368 e. The number of nitrogen functional groups attached to an aromatic ring is 1. The lowest BCUT2D eigenvalue weighted by Gasteiger charge is -2.34. The summed E-state index contributed by atoms with van der Waals surface area (Å²) in [5.41, 5.74) is 6.99. The van der Waals surface area contributed by atoms with E-state index in [4.69, 9.17) is 5.73 Å². The van der Waals surface area contributed by atoms with Gasteiger partial charge in [0.15, 0.2) is 5.82 Å². The predicted octanol–water partition coefficient (Wildman–Crippen LogP) is 1.00. The van der Waals surface area contributed by atoms with Crippen LogP contribution in [0, 0.1) is 0 Å². The highest BCUT2D eigenvalue weighted by Gasteiger charge is 2.18. The molecule has 0 spiro atoms. The molecule has 3 N–H and O–H groups in total. The van der Waals surface area contributed by atoms with Gasteiger partial charge in [0.05, 0.1) is 0 Å². The average Bonchev–Trinajstić information content (AvgIpc) is 3.22. The van der Waals surface area contributed by atoms with Gasteiger partial charge in [0.25, 0.3) is 0 Å². The summed E-state index contributed by atoms with van der Waals surface area (Å²) in [7, 11) is 2.15. The van der Waals surface area contributed by atoms with Crippen LogP contribution in [-0.4, -0.2) is 62.9 Å². The second-order valence-corrected chi connectivity index (χ2v) is 6.55. The second kappa shape index (κ2) is 7.58. The van der Waals surface area contributed by atoms with Gasteiger partial charge in [-0.05, 0) is 19.2 Å². The molecule has 4 heterocycles. The average molecular weight is 365 g/mol. The number of nitrogens with zero attached hydrogens (tertiary/aromatic N) is 7. The maximum absolute atomic E-state index is 5.87. The number of pyridine rings is 1. The summed E-state index contributed by atoms with van der Waals surface area (Å²) < 4.78 is 1.66. The van der Waals surface area contributed by atoms with Gasteiger partial charge in [-0.3, -0.25) is 0 Å². The van der Waals surface area contributed by atoms with Crippen LogP contribution in [0.25, 0.3) is 5.82 Å². The minimum absolute atomic E-state index is 0.205. The van der Waals surface area contributed by atoms with E-state index in [1.54, 1.807) is 10.9 Å². The van der Waals surface area contributed by atoms with Crippen molar-refractivity contribution >= 4 is 17.6 Å². The number of nitrogens with two attached hydrogens (primary N) is 1. The van der Waals surface area contributed by atoms with Crippen LogP contribution >= 0.6 is 0 Å². The fourth-order valence-corrected chi connectivity index (χ4v) is 3.12. The molecule has 0 bridgehead atoms. The first-order chi connectivity index (χ1) is 13.2. The van der Waals surface area contributed by atoms with E-state index in [2.05, 4.69) is 48.3 Å². The van der Waals surface area contributed by atoms with Crippen molar-refractivity contribution in [2.24, 2.45) is 0 Å². The van der Waals surface area contributed by atoms with Gasteiger partial charge in [-0.2, -0.15) is 15.1 Å². The van der Waals surface area contributed by atoms with Crippen LogP contribution in [0.3, 0.4) is 0 Å². The Morgan fingerprint density at radius 2 is 1.96 bits per heavy atom. The van der Waals surface area contributed by atoms with E-state index in [1.165, 1.54) is 0 Å². The number of nitrogens with one attached hydrogen (secondary N) is 1. The van der Waals surface area contributed by atoms with Gasteiger partial charge in [0, 0.05) is 62.9 Å². The van der Waals surface area contributed by atoms with E-state index in [-0.39, 0.29) is 5.95 Å². The van der Waals surface area contributed by atoms with Crippen molar-refractivity contribution < 1.29 is 0 Å². The molecule has 9 heteroatoms. The van der Waals surface area contributed by atoms with E-state index in [1.807, 2.05) is 30.6 Å². The van der Waals surface area contributed by atoms with Crippen molar-refractivity contribution in [3.63, 3.8) is 0 Å². The lowest BCUT2D eigenvalue weighted by atomic mass is 10.2. The fourth-order valence-electron chi connectivity index (χ4n) is 3.12. The Bertz CT molecular complexity index is 886. The van der Waals surface area contributed by atoms with Gasteiger partial charge < -0.3 is 20.9 Å². The number of likely N-dealkylation sites (N-methyl/N-ethyl adjacent to an activating group) is 1. The molecule has 4 rings (SSSR count). The zero-order valence-corrected chi connectivity index (χ0v) is 15.3. The van der Waals surface area contributed by atoms with Crippen molar-refractivity contribution in [1.82, 2.24) is 29.6 Å². The van der Waals surface area contributed by atoms with Gasteiger partial charge in [-0.25, -0.2) is 9.67 Å². The van der Waals surface area contributed by atoms with Crippen molar-refractivity contribution in [2.75, 3.05) is 49.2 Å². The number of rotatable bonds is 5. The molecule has 0 aliphatic carbocycles. The molecular formula is C18H23N9. The van der Waals surface area contributed by atoms with Crippen LogP contribution < -0.4 is 16.0 Å². The minimum atomic E-state index is 0.205. The molecule has 0 unspecified atom stereocenters. The van der Waals surface area contributed by atoms with Crippen LogP contribution in [0.15, 0.2) is 42.9 Å². The first-order valence-corrected chi connectivity index (χ1v) is 8.95. The summed E-state index contributed by atoms with van der Waals surface area (Å²) >= 11 is 0. The second-order valence-electron chi connectivity index (χ2n) is 6.55. The van der Waals surface area contributed by atoms with Crippen molar-refractivity contribution in [3.05, 3.63) is 48.4 Å². The Kier molecular flexibility index (Phi) is 4.84. The summed E-state index contributed by atoms with van der Waals surface area (Å²) in [6, 6.07) is 7.71. The lowest BCUT2D eigenvalue weighted by molar-refractivity contribution is 0.312. The summed E-state index contributed by atoms with van der Waals surface area (Å²) in [6.07, 6.45) is 5.36. The maximum atomic E-state index is 5.87. The topological polar surface area (TPSA) is 101 Å². The maximum Gasteiger partial charge on any atom is 0.224 e.